The van der Waals surface area contributed by atoms with Crippen LogP contribution in [0.15, 0.2) is 0 Å². The van der Waals surface area contributed by atoms with Crippen LogP contribution in [0.3, 0.4) is 0 Å². The molecule has 1 fully saturated rings. The van der Waals surface area contributed by atoms with Crippen molar-refractivity contribution < 1.29 is 4.79 Å². The average Bonchev–Trinajstić information content (AvgIpc) is 2.18. The van der Waals surface area contributed by atoms with Crippen molar-refractivity contribution in [3.8, 4) is 6.07 Å². The summed E-state index contributed by atoms with van der Waals surface area (Å²) in [5.74, 6) is 0.235. The van der Waals surface area contributed by atoms with Crippen molar-refractivity contribution in [2.24, 2.45) is 5.92 Å². The third-order valence-electron chi connectivity index (χ3n) is 2.53. The molecule has 14 heavy (non-hydrogen) atoms. The van der Waals surface area contributed by atoms with Crippen molar-refractivity contribution in [3.63, 3.8) is 0 Å². The van der Waals surface area contributed by atoms with E-state index in [4.69, 9.17) is 5.26 Å². The van der Waals surface area contributed by atoms with Gasteiger partial charge >= 0.3 is 0 Å². The molecule has 2 N–H and O–H groups in total. The van der Waals surface area contributed by atoms with E-state index in [1.807, 2.05) is 6.07 Å². The lowest BCUT2D eigenvalue weighted by atomic mass is 9.92. The molecule has 1 aliphatic heterocycles. The molecule has 1 aliphatic rings. The molecule has 0 bridgehead atoms. The van der Waals surface area contributed by atoms with Gasteiger partial charge in [0.1, 0.15) is 0 Å². The predicted octanol–water partition coefficient (Wildman–Crippen LogP) is 0.404. The normalized spacial score (nSPS) is 26.6. The minimum Gasteiger partial charge on any atom is -0.355 e. The Morgan fingerprint density at radius 1 is 1.71 bits per heavy atom. The van der Waals surface area contributed by atoms with Gasteiger partial charge in [-0.1, -0.05) is 0 Å². The molecule has 0 aromatic heterocycles. The Morgan fingerprint density at radius 3 is 3.14 bits per heavy atom. The molecule has 2 atom stereocenters. The second kappa shape index (κ2) is 5.61. The summed E-state index contributed by atoms with van der Waals surface area (Å²) in [7, 11) is 0. The third-order valence-corrected chi connectivity index (χ3v) is 2.53. The SMILES string of the molecule is CC1CC(C(=O)NCCC#N)CCN1. The Kier molecular flexibility index (Phi) is 4.41. The van der Waals surface area contributed by atoms with E-state index in [1.165, 1.54) is 0 Å². The highest BCUT2D eigenvalue weighted by atomic mass is 16.1. The zero-order chi connectivity index (χ0) is 10.4. The molecule has 4 nitrogen and oxygen atoms in total. The molecule has 0 aliphatic carbocycles. The predicted molar refractivity (Wildman–Crippen MR) is 53.4 cm³/mol. The molecule has 1 rings (SSSR count). The van der Waals surface area contributed by atoms with Crippen molar-refractivity contribution in [2.45, 2.75) is 32.2 Å². The van der Waals surface area contributed by atoms with Crippen LogP contribution in [-0.4, -0.2) is 25.0 Å². The molecular formula is C10H17N3O. The Labute approximate surface area is 84.7 Å². The Morgan fingerprint density at radius 2 is 2.50 bits per heavy atom. The number of hydrogen-bond acceptors (Lipinski definition) is 3. The number of hydrogen-bond donors (Lipinski definition) is 2. The lowest BCUT2D eigenvalue weighted by Crippen LogP contribution is -2.42. The Bertz CT molecular complexity index is 234. The van der Waals surface area contributed by atoms with E-state index in [2.05, 4.69) is 17.6 Å². The van der Waals surface area contributed by atoms with Gasteiger partial charge in [0.15, 0.2) is 0 Å². The standard InChI is InChI=1S/C10H17N3O/c1-8-7-9(3-6-12-8)10(14)13-5-2-4-11/h8-9,12H,2-3,5-7H2,1H3,(H,13,14). The topological polar surface area (TPSA) is 64.9 Å². The van der Waals surface area contributed by atoms with Crippen molar-refractivity contribution in [1.82, 2.24) is 10.6 Å². The van der Waals surface area contributed by atoms with Gasteiger partial charge in [-0.05, 0) is 26.3 Å². The first-order valence-corrected chi connectivity index (χ1v) is 5.12. The van der Waals surface area contributed by atoms with E-state index < -0.39 is 0 Å². The van der Waals surface area contributed by atoms with E-state index in [1.54, 1.807) is 0 Å². The molecule has 2 unspecified atom stereocenters. The van der Waals surface area contributed by atoms with E-state index in [-0.39, 0.29) is 11.8 Å². The highest BCUT2D eigenvalue weighted by Crippen LogP contribution is 2.15. The van der Waals surface area contributed by atoms with E-state index >= 15 is 0 Å². The third kappa shape index (κ3) is 3.35. The van der Waals surface area contributed by atoms with Crippen molar-refractivity contribution in [1.29, 1.82) is 5.26 Å². The Balaban J connectivity index is 2.26. The summed E-state index contributed by atoms with van der Waals surface area (Å²) >= 11 is 0. The molecule has 0 saturated carbocycles. The highest BCUT2D eigenvalue weighted by molar-refractivity contribution is 5.78. The molecule has 0 aromatic rings. The largest absolute Gasteiger partial charge is 0.355 e. The van der Waals surface area contributed by atoms with Gasteiger partial charge in [-0.3, -0.25) is 4.79 Å². The minimum atomic E-state index is 0.105. The van der Waals surface area contributed by atoms with Crippen molar-refractivity contribution >= 4 is 5.91 Å². The molecule has 0 radical (unpaired) electrons. The number of carbonyl (C=O) groups is 1. The summed E-state index contributed by atoms with van der Waals surface area (Å²) in [6.45, 7) is 3.49. The summed E-state index contributed by atoms with van der Waals surface area (Å²) in [4.78, 5) is 11.6. The highest BCUT2D eigenvalue weighted by Gasteiger charge is 2.23. The molecule has 1 heterocycles. The van der Waals surface area contributed by atoms with E-state index in [0.717, 1.165) is 19.4 Å². The van der Waals surface area contributed by atoms with Crippen LogP contribution in [0.2, 0.25) is 0 Å². The number of nitriles is 1. The molecule has 78 valence electrons. The zero-order valence-electron chi connectivity index (χ0n) is 8.55. The lowest BCUT2D eigenvalue weighted by Gasteiger charge is -2.26. The fourth-order valence-electron chi connectivity index (χ4n) is 1.76. The maximum atomic E-state index is 11.6. The van der Waals surface area contributed by atoms with Crippen LogP contribution >= 0.6 is 0 Å². The van der Waals surface area contributed by atoms with Crippen molar-refractivity contribution in [3.05, 3.63) is 0 Å². The molecule has 1 saturated heterocycles. The number of amides is 1. The van der Waals surface area contributed by atoms with Gasteiger partial charge in [0.05, 0.1) is 12.5 Å². The first-order chi connectivity index (χ1) is 6.74. The summed E-state index contributed by atoms with van der Waals surface area (Å²) in [6.07, 6.45) is 2.20. The fraction of sp³-hybridized carbons (Fsp3) is 0.800. The van der Waals surface area contributed by atoms with Gasteiger partial charge in [0.2, 0.25) is 5.91 Å². The summed E-state index contributed by atoms with van der Waals surface area (Å²) in [6, 6.07) is 2.43. The number of nitrogens with one attached hydrogen (secondary N) is 2. The van der Waals surface area contributed by atoms with E-state index in [0.29, 0.717) is 19.0 Å². The number of carbonyl (C=O) groups excluding carboxylic acids is 1. The Hall–Kier alpha value is -1.08. The molecular weight excluding hydrogens is 178 g/mol. The molecule has 0 aromatic carbocycles. The van der Waals surface area contributed by atoms with Gasteiger partial charge in [-0.2, -0.15) is 5.26 Å². The summed E-state index contributed by atoms with van der Waals surface area (Å²) in [5.41, 5.74) is 0. The average molecular weight is 195 g/mol. The number of rotatable bonds is 3. The first-order valence-electron chi connectivity index (χ1n) is 5.12. The van der Waals surface area contributed by atoms with E-state index in [9.17, 15) is 4.79 Å². The van der Waals surface area contributed by atoms with Gasteiger partial charge in [0, 0.05) is 18.5 Å². The zero-order valence-corrected chi connectivity index (χ0v) is 8.55. The van der Waals surface area contributed by atoms with Crippen LogP contribution in [-0.2, 0) is 4.79 Å². The lowest BCUT2D eigenvalue weighted by molar-refractivity contribution is -0.126. The van der Waals surface area contributed by atoms with Crippen LogP contribution in [0.1, 0.15) is 26.2 Å². The first kappa shape index (κ1) is 11.0. The van der Waals surface area contributed by atoms with Crippen LogP contribution in [0, 0.1) is 17.2 Å². The van der Waals surface area contributed by atoms with Gasteiger partial charge in [-0.15, -0.1) is 0 Å². The number of nitrogens with zero attached hydrogens (tertiary/aromatic N) is 1. The second-order valence-corrected chi connectivity index (χ2v) is 3.78. The second-order valence-electron chi connectivity index (χ2n) is 3.78. The summed E-state index contributed by atoms with van der Waals surface area (Å²) in [5, 5.41) is 14.4. The monoisotopic (exact) mass is 195 g/mol. The smallest absolute Gasteiger partial charge is 0.223 e. The van der Waals surface area contributed by atoms with Gasteiger partial charge < -0.3 is 10.6 Å². The molecule has 1 amide bonds. The maximum Gasteiger partial charge on any atom is 0.223 e. The molecule has 4 heteroatoms. The minimum absolute atomic E-state index is 0.105. The van der Waals surface area contributed by atoms with Gasteiger partial charge in [-0.25, -0.2) is 0 Å². The van der Waals surface area contributed by atoms with Crippen LogP contribution in [0.25, 0.3) is 0 Å². The van der Waals surface area contributed by atoms with Crippen LogP contribution in [0.5, 0.6) is 0 Å². The maximum absolute atomic E-state index is 11.6. The van der Waals surface area contributed by atoms with Crippen LogP contribution in [0.4, 0.5) is 0 Å². The fourth-order valence-corrected chi connectivity index (χ4v) is 1.76. The van der Waals surface area contributed by atoms with Crippen molar-refractivity contribution in [2.75, 3.05) is 13.1 Å². The summed E-state index contributed by atoms with van der Waals surface area (Å²) < 4.78 is 0. The molecule has 0 spiro atoms. The van der Waals surface area contributed by atoms with Gasteiger partial charge in [0.25, 0.3) is 0 Å². The van der Waals surface area contributed by atoms with Crippen LogP contribution < -0.4 is 10.6 Å². The number of piperidine rings is 1. The quantitative estimate of drug-likeness (QED) is 0.641.